The number of aromatic amines is 1. The fourth-order valence-corrected chi connectivity index (χ4v) is 4.40. The predicted octanol–water partition coefficient (Wildman–Crippen LogP) is 3.80. The van der Waals surface area contributed by atoms with Gasteiger partial charge in [-0.2, -0.15) is 0 Å². The number of H-pyrrole nitrogens is 1. The molecule has 212 valence electrons. The Balaban J connectivity index is 1.53. The van der Waals surface area contributed by atoms with Crippen molar-refractivity contribution in [2.75, 3.05) is 19.8 Å². The van der Waals surface area contributed by atoms with Gasteiger partial charge < -0.3 is 30.6 Å². The van der Waals surface area contributed by atoms with Crippen LogP contribution in [0.2, 0.25) is 0 Å². The number of rotatable bonds is 11. The van der Waals surface area contributed by atoms with Gasteiger partial charge in [0.15, 0.2) is 0 Å². The van der Waals surface area contributed by atoms with Gasteiger partial charge in [0.2, 0.25) is 0 Å². The van der Waals surface area contributed by atoms with E-state index in [0.29, 0.717) is 47.4 Å². The number of nitrogens with one attached hydrogen (secondary N) is 3. The largest absolute Gasteiger partial charge is 0.490 e. The van der Waals surface area contributed by atoms with Gasteiger partial charge in [-0.3, -0.25) is 9.59 Å². The minimum Gasteiger partial charge on any atom is -0.490 e. The summed E-state index contributed by atoms with van der Waals surface area (Å²) in [5.41, 5.74) is 4.04. The number of hydrogen-bond donors (Lipinski definition) is 5. The zero-order valence-corrected chi connectivity index (χ0v) is 23.2. The molecule has 1 heterocycles. The van der Waals surface area contributed by atoms with Crippen LogP contribution in [0.5, 0.6) is 5.75 Å². The number of carbonyl (C=O) groups excluding carboxylic acids is 2. The van der Waals surface area contributed by atoms with Gasteiger partial charge in [-0.1, -0.05) is 36.1 Å². The molecule has 2 amide bonds. The molecule has 0 spiro atoms. The van der Waals surface area contributed by atoms with Crippen LogP contribution < -0.4 is 15.4 Å². The maximum atomic E-state index is 13.4. The van der Waals surface area contributed by atoms with Gasteiger partial charge in [0.05, 0.1) is 24.3 Å². The third kappa shape index (κ3) is 7.98. The molecular formula is C33H35N3O5. The van der Waals surface area contributed by atoms with Crippen LogP contribution in [-0.2, 0) is 6.42 Å². The van der Waals surface area contributed by atoms with Gasteiger partial charge in [-0.05, 0) is 74.7 Å². The van der Waals surface area contributed by atoms with Crippen molar-refractivity contribution in [1.82, 2.24) is 15.6 Å². The van der Waals surface area contributed by atoms with Crippen molar-refractivity contribution in [3.63, 3.8) is 0 Å². The second-order valence-electron chi connectivity index (χ2n) is 9.96. The van der Waals surface area contributed by atoms with Crippen molar-refractivity contribution in [2.45, 2.75) is 38.8 Å². The van der Waals surface area contributed by atoms with E-state index in [1.54, 1.807) is 42.5 Å². The maximum Gasteiger partial charge on any atom is 0.255 e. The van der Waals surface area contributed by atoms with E-state index in [9.17, 15) is 14.7 Å². The van der Waals surface area contributed by atoms with Crippen molar-refractivity contribution in [2.24, 2.45) is 0 Å². The topological polar surface area (TPSA) is 124 Å². The normalized spacial score (nSPS) is 11.5. The van der Waals surface area contributed by atoms with Crippen molar-refractivity contribution in [3.8, 4) is 17.6 Å². The van der Waals surface area contributed by atoms with Gasteiger partial charge >= 0.3 is 0 Å². The smallest absolute Gasteiger partial charge is 0.255 e. The molecule has 0 saturated heterocycles. The molecule has 0 fully saturated rings. The monoisotopic (exact) mass is 553 g/mol. The second kappa shape index (κ2) is 14.2. The summed E-state index contributed by atoms with van der Waals surface area (Å²) in [5.74, 6) is 5.96. The number of ether oxygens (including phenoxy) is 1. The summed E-state index contributed by atoms with van der Waals surface area (Å²) in [5, 5.41) is 25.7. The predicted molar refractivity (Wildman–Crippen MR) is 159 cm³/mol. The van der Waals surface area contributed by atoms with E-state index >= 15 is 0 Å². The summed E-state index contributed by atoms with van der Waals surface area (Å²) in [7, 11) is 0. The molecule has 0 saturated carbocycles. The zero-order valence-electron chi connectivity index (χ0n) is 23.2. The number of aliphatic hydroxyl groups is 2. The number of fused-ring (bicyclic) bond motifs is 1. The molecule has 1 atom stereocenters. The molecule has 1 aromatic heterocycles. The van der Waals surface area contributed by atoms with Gasteiger partial charge in [-0.15, -0.1) is 0 Å². The molecule has 41 heavy (non-hydrogen) atoms. The maximum absolute atomic E-state index is 13.4. The quantitative estimate of drug-likeness (QED) is 0.143. The molecule has 4 aromatic rings. The molecule has 3 aromatic carbocycles. The Morgan fingerprint density at radius 3 is 2.49 bits per heavy atom. The number of amides is 2. The standard InChI is InChI=1S/C33H35N3O5/c1-22(2)41-31-14-13-24(12-11-23-7-5-8-25(17-23)32(39)34-15-6-16-37)18-29(31)33(40)36-27(21-38)19-26-20-35-30-10-4-3-9-28(26)30/h3-5,7-10,13-14,17-18,20,22,27,35,37-38H,6,15-16,19,21H2,1-2H3,(H,34,39)(H,36,40)/t27-/m1/s1. The minimum atomic E-state index is -0.505. The van der Waals surface area contributed by atoms with E-state index in [1.165, 1.54) is 0 Å². The average Bonchev–Trinajstić information content (AvgIpc) is 3.38. The highest BCUT2D eigenvalue weighted by atomic mass is 16.5. The van der Waals surface area contributed by atoms with Crippen LogP contribution in [0, 0.1) is 11.8 Å². The highest BCUT2D eigenvalue weighted by molar-refractivity contribution is 5.97. The zero-order chi connectivity index (χ0) is 29.2. The number of aliphatic hydroxyl groups excluding tert-OH is 2. The summed E-state index contributed by atoms with van der Waals surface area (Å²) < 4.78 is 5.91. The van der Waals surface area contributed by atoms with Crippen molar-refractivity contribution in [1.29, 1.82) is 0 Å². The molecule has 8 heteroatoms. The Morgan fingerprint density at radius 1 is 0.951 bits per heavy atom. The molecule has 0 aliphatic rings. The molecule has 4 rings (SSSR count). The van der Waals surface area contributed by atoms with E-state index in [1.807, 2.05) is 44.3 Å². The first-order chi connectivity index (χ1) is 19.9. The SMILES string of the molecule is CC(C)Oc1ccc(C#Cc2cccc(C(=O)NCCCO)c2)cc1C(=O)N[C@@H](CO)Cc1c[nH]c2ccccc12. The molecule has 0 radical (unpaired) electrons. The average molecular weight is 554 g/mol. The van der Waals surface area contributed by atoms with Crippen LogP contribution in [0.4, 0.5) is 0 Å². The number of hydrogen-bond acceptors (Lipinski definition) is 5. The summed E-state index contributed by atoms with van der Waals surface area (Å²) in [4.78, 5) is 29.0. The Labute approximate surface area is 239 Å². The molecular weight excluding hydrogens is 518 g/mol. The third-order valence-corrected chi connectivity index (χ3v) is 6.38. The lowest BCUT2D eigenvalue weighted by molar-refractivity contribution is 0.0909. The Kier molecular flexibility index (Phi) is 10.2. The number of aromatic nitrogens is 1. The summed E-state index contributed by atoms with van der Waals surface area (Å²) in [6.07, 6.45) is 2.69. The molecule has 0 bridgehead atoms. The van der Waals surface area contributed by atoms with Crippen LogP contribution in [-0.4, -0.2) is 58.9 Å². The van der Waals surface area contributed by atoms with E-state index in [2.05, 4.69) is 27.5 Å². The minimum absolute atomic E-state index is 0.0115. The van der Waals surface area contributed by atoms with Crippen LogP contribution in [0.1, 0.15) is 57.7 Å². The third-order valence-electron chi connectivity index (χ3n) is 6.38. The van der Waals surface area contributed by atoms with Gasteiger partial charge in [0, 0.05) is 46.9 Å². The summed E-state index contributed by atoms with van der Waals surface area (Å²) >= 11 is 0. The van der Waals surface area contributed by atoms with E-state index in [4.69, 9.17) is 9.84 Å². The van der Waals surface area contributed by atoms with Crippen LogP contribution in [0.25, 0.3) is 10.9 Å². The first kappa shape index (κ1) is 29.4. The fraction of sp³-hybridized carbons (Fsp3) is 0.273. The molecule has 8 nitrogen and oxygen atoms in total. The number of carbonyl (C=O) groups is 2. The van der Waals surface area contributed by atoms with Crippen molar-refractivity contribution >= 4 is 22.7 Å². The number of benzene rings is 3. The van der Waals surface area contributed by atoms with Gasteiger partial charge in [0.25, 0.3) is 11.8 Å². The summed E-state index contributed by atoms with van der Waals surface area (Å²) in [6.45, 7) is 3.94. The van der Waals surface area contributed by atoms with E-state index in [0.717, 1.165) is 16.5 Å². The van der Waals surface area contributed by atoms with E-state index in [-0.39, 0.29) is 31.1 Å². The lowest BCUT2D eigenvalue weighted by Crippen LogP contribution is -2.39. The van der Waals surface area contributed by atoms with Gasteiger partial charge in [-0.25, -0.2) is 0 Å². The van der Waals surface area contributed by atoms with Crippen LogP contribution in [0.15, 0.2) is 72.9 Å². The molecule has 0 aliphatic heterocycles. The lowest BCUT2D eigenvalue weighted by Gasteiger charge is -2.19. The molecule has 0 unspecified atom stereocenters. The first-order valence-corrected chi connectivity index (χ1v) is 13.7. The highest BCUT2D eigenvalue weighted by Crippen LogP contribution is 2.23. The lowest BCUT2D eigenvalue weighted by atomic mass is 10.0. The summed E-state index contributed by atoms with van der Waals surface area (Å²) in [6, 6.07) is 19.5. The second-order valence-corrected chi connectivity index (χ2v) is 9.96. The van der Waals surface area contributed by atoms with Crippen molar-refractivity contribution < 1.29 is 24.5 Å². The number of para-hydroxylation sites is 1. The van der Waals surface area contributed by atoms with Gasteiger partial charge in [0.1, 0.15) is 5.75 Å². The first-order valence-electron chi connectivity index (χ1n) is 13.7. The van der Waals surface area contributed by atoms with Crippen LogP contribution >= 0.6 is 0 Å². The van der Waals surface area contributed by atoms with Crippen LogP contribution in [0.3, 0.4) is 0 Å². The molecule has 5 N–H and O–H groups in total. The highest BCUT2D eigenvalue weighted by Gasteiger charge is 2.19. The van der Waals surface area contributed by atoms with E-state index < -0.39 is 6.04 Å². The Hall–Kier alpha value is -4.58. The molecule has 0 aliphatic carbocycles. The fourth-order valence-electron chi connectivity index (χ4n) is 4.40. The Morgan fingerprint density at radius 2 is 1.73 bits per heavy atom. The van der Waals surface area contributed by atoms with Crippen molar-refractivity contribution in [3.05, 3.63) is 101 Å². The Bertz CT molecular complexity index is 1560.